The molecule has 28 heavy (non-hydrogen) atoms. The first kappa shape index (κ1) is 20.2. The quantitative estimate of drug-likeness (QED) is 0.824. The molecule has 1 saturated heterocycles. The zero-order chi connectivity index (χ0) is 20.3. The molecule has 2 N–H and O–H groups in total. The number of rotatable bonds is 5. The molecule has 1 heterocycles. The molecule has 150 valence electrons. The Bertz CT molecular complexity index is 857. The van der Waals surface area contributed by atoms with Gasteiger partial charge in [-0.15, -0.1) is 0 Å². The van der Waals surface area contributed by atoms with E-state index in [1.807, 2.05) is 6.92 Å². The van der Waals surface area contributed by atoms with Gasteiger partial charge in [0.05, 0.1) is 12.2 Å². The van der Waals surface area contributed by atoms with Gasteiger partial charge >= 0.3 is 0 Å². The summed E-state index contributed by atoms with van der Waals surface area (Å²) in [4.78, 5) is 14.1. The molecule has 2 aromatic rings. The van der Waals surface area contributed by atoms with Gasteiger partial charge in [0, 0.05) is 19.2 Å². The van der Waals surface area contributed by atoms with Crippen molar-refractivity contribution in [2.45, 2.75) is 32.0 Å². The van der Waals surface area contributed by atoms with Crippen LogP contribution in [0.1, 0.15) is 18.9 Å². The number of likely N-dealkylation sites (tertiary alicyclic amines) is 1. The number of nitrogens with one attached hydrogen (secondary N) is 1. The highest BCUT2D eigenvalue weighted by atomic mass is 19.1. The monoisotopic (exact) mass is 390 g/mol. The molecule has 0 bridgehead atoms. The van der Waals surface area contributed by atoms with Crippen LogP contribution in [0.25, 0.3) is 0 Å². The lowest BCUT2D eigenvalue weighted by Crippen LogP contribution is -2.58. The summed E-state index contributed by atoms with van der Waals surface area (Å²) >= 11 is 0. The standard InChI is InChI=1S/C21H24F2N2O3/c1-14-6-7-17(23)18(10-14)24-20(26)12-25-9-8-19(21(2,27)13-25)28-16-5-3-4-15(22)11-16/h3-7,10-11,19,27H,8-9,12-13H2,1-2H3,(H,24,26)/t19-,21-/m0/s1. The van der Waals surface area contributed by atoms with Crippen LogP contribution in [-0.2, 0) is 4.79 Å². The van der Waals surface area contributed by atoms with Gasteiger partial charge < -0.3 is 15.2 Å². The number of aryl methyl sites for hydroxylation is 1. The predicted molar refractivity (Wildman–Crippen MR) is 102 cm³/mol. The number of carbonyl (C=O) groups is 1. The molecular formula is C21H24F2N2O3. The van der Waals surface area contributed by atoms with Crippen LogP contribution in [0, 0.1) is 18.6 Å². The largest absolute Gasteiger partial charge is 0.487 e. The Hall–Kier alpha value is -2.51. The molecule has 5 nitrogen and oxygen atoms in total. The third kappa shape index (κ3) is 5.05. The number of amides is 1. The van der Waals surface area contributed by atoms with Gasteiger partial charge in [0.2, 0.25) is 5.91 Å². The lowest BCUT2D eigenvalue weighted by molar-refractivity contribution is -0.123. The zero-order valence-corrected chi connectivity index (χ0v) is 15.9. The number of halogens is 2. The van der Waals surface area contributed by atoms with Gasteiger partial charge in [-0.1, -0.05) is 12.1 Å². The maximum absolute atomic E-state index is 13.8. The summed E-state index contributed by atoms with van der Waals surface area (Å²) in [7, 11) is 0. The van der Waals surface area contributed by atoms with Gasteiger partial charge in [0.25, 0.3) is 0 Å². The second kappa shape index (κ2) is 8.24. The van der Waals surface area contributed by atoms with E-state index in [0.29, 0.717) is 18.7 Å². The van der Waals surface area contributed by atoms with Crippen LogP contribution in [0.4, 0.5) is 14.5 Å². The molecule has 1 amide bonds. The minimum atomic E-state index is -1.22. The van der Waals surface area contributed by atoms with Crippen molar-refractivity contribution in [1.29, 1.82) is 0 Å². The first-order valence-corrected chi connectivity index (χ1v) is 9.16. The number of piperidine rings is 1. The van der Waals surface area contributed by atoms with Gasteiger partial charge in [-0.3, -0.25) is 9.69 Å². The smallest absolute Gasteiger partial charge is 0.238 e. The van der Waals surface area contributed by atoms with E-state index in [4.69, 9.17) is 4.74 Å². The number of β-amino-alcohol motifs (C(OH)–C–C–N with tert-alkyl or cyclic N) is 1. The fourth-order valence-electron chi connectivity index (χ4n) is 3.40. The van der Waals surface area contributed by atoms with Gasteiger partial charge in [0.15, 0.2) is 0 Å². The Balaban J connectivity index is 1.57. The van der Waals surface area contributed by atoms with Crippen LogP contribution in [-0.4, -0.2) is 47.3 Å². The van der Waals surface area contributed by atoms with Crippen molar-refractivity contribution >= 4 is 11.6 Å². The van der Waals surface area contributed by atoms with E-state index < -0.39 is 23.3 Å². The van der Waals surface area contributed by atoms with Crippen LogP contribution in [0.2, 0.25) is 0 Å². The number of hydrogen-bond donors (Lipinski definition) is 2. The molecule has 7 heteroatoms. The summed E-state index contributed by atoms with van der Waals surface area (Å²) in [5.74, 6) is -0.904. The number of hydrogen-bond acceptors (Lipinski definition) is 4. The van der Waals surface area contributed by atoms with E-state index in [1.165, 1.54) is 18.2 Å². The first-order valence-electron chi connectivity index (χ1n) is 9.16. The Labute approximate surface area is 162 Å². The fourth-order valence-corrected chi connectivity index (χ4v) is 3.40. The number of carbonyl (C=O) groups excluding carboxylic acids is 1. The minimum Gasteiger partial charge on any atom is -0.487 e. The molecule has 0 saturated carbocycles. The van der Waals surface area contributed by atoms with E-state index in [2.05, 4.69) is 5.32 Å². The van der Waals surface area contributed by atoms with Crippen molar-refractivity contribution in [1.82, 2.24) is 4.90 Å². The highest BCUT2D eigenvalue weighted by Gasteiger charge is 2.40. The molecule has 0 aliphatic carbocycles. The average molecular weight is 390 g/mol. The van der Waals surface area contributed by atoms with Crippen LogP contribution < -0.4 is 10.1 Å². The van der Waals surface area contributed by atoms with Gasteiger partial charge in [-0.2, -0.15) is 0 Å². The van der Waals surface area contributed by atoms with E-state index in [9.17, 15) is 18.7 Å². The van der Waals surface area contributed by atoms with Crippen LogP contribution in [0.15, 0.2) is 42.5 Å². The molecule has 0 unspecified atom stereocenters. The summed E-state index contributed by atoms with van der Waals surface area (Å²) < 4.78 is 32.9. The highest BCUT2D eigenvalue weighted by Crippen LogP contribution is 2.27. The van der Waals surface area contributed by atoms with Crippen molar-refractivity contribution in [3.63, 3.8) is 0 Å². The van der Waals surface area contributed by atoms with E-state index in [-0.39, 0.29) is 24.7 Å². The number of benzene rings is 2. The minimum absolute atomic E-state index is 0.0240. The molecule has 1 fully saturated rings. The molecule has 1 aliphatic heterocycles. The zero-order valence-electron chi connectivity index (χ0n) is 15.9. The second-order valence-electron chi connectivity index (χ2n) is 7.45. The third-order valence-corrected chi connectivity index (χ3v) is 4.78. The summed E-state index contributed by atoms with van der Waals surface area (Å²) in [6.07, 6.45) is -0.0573. The molecule has 2 atom stereocenters. The first-order chi connectivity index (χ1) is 13.2. The molecule has 0 aromatic heterocycles. The number of nitrogens with zero attached hydrogens (tertiary/aromatic N) is 1. The van der Waals surface area contributed by atoms with Crippen molar-refractivity contribution in [3.8, 4) is 5.75 Å². The molecule has 1 aliphatic rings. The summed E-state index contributed by atoms with van der Waals surface area (Å²) in [6, 6.07) is 10.3. The van der Waals surface area contributed by atoms with Crippen LogP contribution in [0.3, 0.4) is 0 Å². The van der Waals surface area contributed by atoms with Crippen LogP contribution >= 0.6 is 0 Å². The Morgan fingerprint density at radius 2 is 2.11 bits per heavy atom. The molecule has 0 spiro atoms. The summed E-state index contributed by atoms with van der Waals surface area (Å²) in [6.45, 7) is 4.18. The number of aliphatic hydroxyl groups is 1. The van der Waals surface area contributed by atoms with Crippen molar-refractivity contribution < 1.29 is 23.4 Å². The topological polar surface area (TPSA) is 61.8 Å². The molecule has 2 aromatic carbocycles. The van der Waals surface area contributed by atoms with Crippen molar-refractivity contribution in [2.75, 3.05) is 25.0 Å². The average Bonchev–Trinajstić information content (AvgIpc) is 2.60. The Morgan fingerprint density at radius 3 is 2.82 bits per heavy atom. The predicted octanol–water partition coefficient (Wildman–Crippen LogP) is 3.12. The number of anilines is 1. The van der Waals surface area contributed by atoms with Gasteiger partial charge in [0.1, 0.15) is 29.1 Å². The maximum Gasteiger partial charge on any atom is 0.238 e. The van der Waals surface area contributed by atoms with E-state index >= 15 is 0 Å². The lowest BCUT2D eigenvalue weighted by Gasteiger charge is -2.42. The van der Waals surface area contributed by atoms with Crippen LogP contribution in [0.5, 0.6) is 5.75 Å². The normalized spacial score (nSPS) is 22.7. The van der Waals surface area contributed by atoms with Crippen molar-refractivity contribution in [2.24, 2.45) is 0 Å². The van der Waals surface area contributed by atoms with E-state index in [0.717, 1.165) is 5.56 Å². The summed E-state index contributed by atoms with van der Waals surface area (Å²) in [5.41, 5.74) is -0.240. The Morgan fingerprint density at radius 1 is 1.32 bits per heavy atom. The third-order valence-electron chi connectivity index (χ3n) is 4.78. The SMILES string of the molecule is Cc1ccc(F)c(NC(=O)CN2CC[C@H](Oc3cccc(F)c3)[C@@](C)(O)C2)c1. The van der Waals surface area contributed by atoms with Gasteiger partial charge in [-0.05, 0) is 50.1 Å². The molecule has 3 rings (SSSR count). The van der Waals surface area contributed by atoms with Gasteiger partial charge in [-0.25, -0.2) is 8.78 Å². The molecule has 0 radical (unpaired) electrons. The van der Waals surface area contributed by atoms with E-state index in [1.54, 1.807) is 36.1 Å². The summed E-state index contributed by atoms with van der Waals surface area (Å²) in [5, 5.41) is 13.3. The molecular weight excluding hydrogens is 366 g/mol. The Kier molecular flexibility index (Phi) is 5.96. The lowest BCUT2D eigenvalue weighted by atomic mass is 9.91. The fraction of sp³-hybridized carbons (Fsp3) is 0.381. The maximum atomic E-state index is 13.8. The number of ether oxygens (including phenoxy) is 1. The highest BCUT2D eigenvalue weighted by molar-refractivity contribution is 5.92. The van der Waals surface area contributed by atoms with Crippen molar-refractivity contribution in [3.05, 3.63) is 59.7 Å². The second-order valence-corrected chi connectivity index (χ2v) is 7.45.